The van der Waals surface area contributed by atoms with Crippen LogP contribution in [0.5, 0.6) is 0 Å². The molecule has 2 saturated heterocycles. The summed E-state index contributed by atoms with van der Waals surface area (Å²) in [5, 5.41) is 3.95. The molecule has 2 aromatic carbocycles. The Morgan fingerprint density at radius 2 is 1.68 bits per heavy atom. The van der Waals surface area contributed by atoms with Crippen molar-refractivity contribution in [2.24, 2.45) is 5.92 Å². The zero-order valence-corrected chi connectivity index (χ0v) is 24.5. The highest BCUT2D eigenvalue weighted by atomic mass is 32.2. The Labute approximate surface area is 237 Å². The van der Waals surface area contributed by atoms with Crippen molar-refractivity contribution in [2.45, 2.75) is 51.5 Å². The number of piperidine rings is 1. The molecule has 0 unspecified atom stereocenters. The number of sulfonamides is 1. The van der Waals surface area contributed by atoms with Crippen LogP contribution in [0.15, 0.2) is 57.9 Å². The molecule has 3 aromatic rings. The monoisotopic (exact) mass is 562 g/mol. The molecule has 0 N–H and O–H groups in total. The highest BCUT2D eigenvalue weighted by Crippen LogP contribution is 2.30. The highest BCUT2D eigenvalue weighted by Gasteiger charge is 2.38. The number of carbonyl (C=O) groups is 1. The number of rotatable bonds is 6. The number of hydrogen-bond acceptors (Lipinski definition) is 6. The maximum absolute atomic E-state index is 13.7. The number of aromatic nitrogens is 1. The van der Waals surface area contributed by atoms with Gasteiger partial charge in [0, 0.05) is 50.4 Å². The molecule has 0 aliphatic carbocycles. The van der Waals surface area contributed by atoms with E-state index in [2.05, 4.69) is 48.2 Å². The van der Waals surface area contributed by atoms with Gasteiger partial charge in [0.25, 0.3) is 0 Å². The Kier molecular flexibility index (Phi) is 8.14. The van der Waals surface area contributed by atoms with Crippen molar-refractivity contribution in [3.8, 4) is 0 Å². The van der Waals surface area contributed by atoms with E-state index in [1.165, 1.54) is 15.6 Å². The zero-order chi connectivity index (χ0) is 28.4. The summed E-state index contributed by atoms with van der Waals surface area (Å²) in [7, 11) is -3.82. The lowest BCUT2D eigenvalue weighted by Crippen LogP contribution is -2.55. The number of benzene rings is 2. The number of carbonyl (C=O) groups excluding carboxylic acids is 1. The predicted molar refractivity (Wildman–Crippen MR) is 157 cm³/mol. The number of hydrogen-bond donors (Lipinski definition) is 0. The lowest BCUT2D eigenvalue weighted by atomic mass is 9.95. The number of anilines is 1. The van der Waals surface area contributed by atoms with Crippen LogP contribution >= 0.6 is 0 Å². The van der Waals surface area contributed by atoms with Gasteiger partial charge in [-0.05, 0) is 69.9 Å². The van der Waals surface area contributed by atoms with Crippen LogP contribution in [0.25, 0.3) is 12.2 Å². The first-order valence-electron chi connectivity index (χ1n) is 14.0. The topological polar surface area (TPSA) is 87.0 Å². The summed E-state index contributed by atoms with van der Waals surface area (Å²) in [5.74, 6) is 0.182. The Morgan fingerprint density at radius 3 is 2.35 bits per heavy atom. The number of piperazine rings is 1. The Hall–Kier alpha value is -3.43. The molecule has 2 aliphatic rings. The van der Waals surface area contributed by atoms with E-state index in [0.29, 0.717) is 44.7 Å². The third-order valence-corrected chi connectivity index (χ3v) is 10.1. The van der Waals surface area contributed by atoms with Crippen LogP contribution < -0.4 is 4.90 Å². The third kappa shape index (κ3) is 5.86. The van der Waals surface area contributed by atoms with Gasteiger partial charge in [0.05, 0.1) is 0 Å². The molecule has 3 heterocycles. The third-order valence-electron chi connectivity index (χ3n) is 8.01. The average molecular weight is 563 g/mol. The van der Waals surface area contributed by atoms with Crippen LogP contribution in [-0.2, 0) is 14.8 Å². The fourth-order valence-corrected chi connectivity index (χ4v) is 7.45. The van der Waals surface area contributed by atoms with Gasteiger partial charge in [0.2, 0.25) is 15.9 Å². The molecule has 1 amide bonds. The van der Waals surface area contributed by atoms with Crippen molar-refractivity contribution in [1.29, 1.82) is 0 Å². The maximum atomic E-state index is 13.7. The minimum absolute atomic E-state index is 0.0988. The van der Waals surface area contributed by atoms with Crippen LogP contribution in [0.3, 0.4) is 0 Å². The molecule has 5 rings (SSSR count). The van der Waals surface area contributed by atoms with Gasteiger partial charge >= 0.3 is 0 Å². The summed E-state index contributed by atoms with van der Waals surface area (Å²) in [5.41, 5.74) is 4.84. The van der Waals surface area contributed by atoms with Crippen molar-refractivity contribution < 1.29 is 17.7 Å². The Morgan fingerprint density at radius 1 is 0.950 bits per heavy atom. The second-order valence-electron chi connectivity index (χ2n) is 11.0. The highest BCUT2D eigenvalue weighted by molar-refractivity contribution is 7.89. The Balaban J connectivity index is 1.21. The normalized spacial score (nSPS) is 19.4. The molecule has 8 nitrogen and oxygen atoms in total. The van der Waals surface area contributed by atoms with Crippen LogP contribution in [-0.4, -0.2) is 67.5 Å². The SMILES string of the molecule is Cc1ccc(/C=C/c2onc(C)c2S(=O)(=O)N2CCC(C(=O)N3CCN(c4cccc(C)c4)[C@H](C)C3)CC2)cc1. The molecule has 0 bridgehead atoms. The standard InChI is InChI=1S/C31H38N4O4S/c1-22-8-10-26(11-9-22)12-13-29-30(25(4)32-39-29)40(37,38)34-16-14-27(15-17-34)31(36)33-18-19-35(24(3)21-33)28-7-5-6-23(2)20-28/h5-13,20,24,27H,14-19,21H2,1-4H3/b13-12+/t24-/m1/s1. The van der Waals surface area contributed by atoms with E-state index in [4.69, 9.17) is 4.52 Å². The van der Waals surface area contributed by atoms with E-state index in [9.17, 15) is 13.2 Å². The fraction of sp³-hybridized carbons (Fsp3) is 0.419. The first-order chi connectivity index (χ1) is 19.1. The number of amides is 1. The van der Waals surface area contributed by atoms with Crippen molar-refractivity contribution >= 4 is 33.8 Å². The molecule has 2 fully saturated rings. The van der Waals surface area contributed by atoms with E-state index in [0.717, 1.165) is 17.7 Å². The first-order valence-corrected chi connectivity index (χ1v) is 15.4. The molecule has 1 aromatic heterocycles. The maximum Gasteiger partial charge on any atom is 0.248 e. The molecule has 9 heteroatoms. The van der Waals surface area contributed by atoms with E-state index < -0.39 is 10.0 Å². The summed E-state index contributed by atoms with van der Waals surface area (Å²) in [4.78, 5) is 17.9. The molecule has 212 valence electrons. The van der Waals surface area contributed by atoms with Crippen molar-refractivity contribution in [2.75, 3.05) is 37.6 Å². The minimum atomic E-state index is -3.82. The fourth-order valence-electron chi connectivity index (χ4n) is 5.73. The van der Waals surface area contributed by atoms with E-state index in [1.807, 2.05) is 42.2 Å². The smallest absolute Gasteiger partial charge is 0.248 e. The van der Waals surface area contributed by atoms with Gasteiger partial charge in [-0.25, -0.2) is 8.42 Å². The molecule has 40 heavy (non-hydrogen) atoms. The lowest BCUT2D eigenvalue weighted by Gasteiger charge is -2.43. The van der Waals surface area contributed by atoms with E-state index >= 15 is 0 Å². The zero-order valence-electron chi connectivity index (χ0n) is 23.7. The summed E-state index contributed by atoms with van der Waals surface area (Å²) < 4.78 is 34.2. The number of nitrogens with zero attached hydrogens (tertiary/aromatic N) is 4. The van der Waals surface area contributed by atoms with E-state index in [-0.39, 0.29) is 28.5 Å². The van der Waals surface area contributed by atoms with Crippen LogP contribution in [0.2, 0.25) is 0 Å². The van der Waals surface area contributed by atoms with Crippen LogP contribution in [0, 0.1) is 26.7 Å². The molecule has 0 saturated carbocycles. The largest absolute Gasteiger partial charge is 0.365 e. The molecule has 2 aliphatic heterocycles. The second kappa shape index (κ2) is 11.6. The molecular weight excluding hydrogens is 524 g/mol. The van der Waals surface area contributed by atoms with Crippen LogP contribution in [0.4, 0.5) is 5.69 Å². The van der Waals surface area contributed by atoms with Gasteiger partial charge in [0.15, 0.2) is 10.7 Å². The lowest BCUT2D eigenvalue weighted by molar-refractivity contribution is -0.137. The van der Waals surface area contributed by atoms with Gasteiger partial charge in [-0.15, -0.1) is 0 Å². The van der Waals surface area contributed by atoms with Crippen molar-refractivity contribution in [3.63, 3.8) is 0 Å². The summed E-state index contributed by atoms with van der Waals surface area (Å²) in [6.07, 6.45) is 4.49. The van der Waals surface area contributed by atoms with Gasteiger partial charge in [-0.3, -0.25) is 4.79 Å². The summed E-state index contributed by atoms with van der Waals surface area (Å²) >= 11 is 0. The van der Waals surface area contributed by atoms with Gasteiger partial charge in [-0.2, -0.15) is 4.31 Å². The summed E-state index contributed by atoms with van der Waals surface area (Å²) in [6, 6.07) is 16.6. The molecule has 0 spiro atoms. The van der Waals surface area contributed by atoms with Crippen molar-refractivity contribution in [1.82, 2.24) is 14.4 Å². The first kappa shape index (κ1) is 28.1. The Bertz CT molecular complexity index is 1490. The quantitative estimate of drug-likeness (QED) is 0.424. The van der Waals surface area contributed by atoms with Gasteiger partial charge in [0.1, 0.15) is 5.69 Å². The second-order valence-corrected chi connectivity index (χ2v) is 12.9. The van der Waals surface area contributed by atoms with Gasteiger partial charge < -0.3 is 14.3 Å². The number of aryl methyl sites for hydroxylation is 3. The van der Waals surface area contributed by atoms with E-state index in [1.54, 1.807) is 13.0 Å². The minimum Gasteiger partial charge on any atom is -0.365 e. The average Bonchev–Trinajstić information content (AvgIpc) is 3.33. The molecule has 1 atom stereocenters. The van der Waals surface area contributed by atoms with Crippen molar-refractivity contribution in [3.05, 3.63) is 76.7 Å². The molecule has 0 radical (unpaired) electrons. The summed E-state index contributed by atoms with van der Waals surface area (Å²) in [6.45, 7) is 10.6. The molecular formula is C31H38N4O4S. The predicted octanol–water partition coefficient (Wildman–Crippen LogP) is 4.91. The van der Waals surface area contributed by atoms with Crippen LogP contribution in [0.1, 0.15) is 47.9 Å². The van der Waals surface area contributed by atoms with Gasteiger partial charge in [-0.1, -0.05) is 53.2 Å².